The van der Waals surface area contributed by atoms with Gasteiger partial charge < -0.3 is 9.97 Å². The normalized spacial score (nSPS) is 10.9. The van der Waals surface area contributed by atoms with Gasteiger partial charge in [-0.25, -0.2) is 9.37 Å². The molecule has 0 aliphatic heterocycles. The fourth-order valence-electron chi connectivity index (χ4n) is 1.71. The number of halogens is 1. The lowest BCUT2D eigenvalue weighted by atomic mass is 10.2. The third-order valence-electron chi connectivity index (χ3n) is 2.52. The van der Waals surface area contributed by atoms with E-state index in [2.05, 4.69) is 19.9 Å². The van der Waals surface area contributed by atoms with Gasteiger partial charge in [-0.2, -0.15) is 0 Å². The lowest BCUT2D eigenvalue weighted by Crippen LogP contribution is -2.07. The molecule has 0 spiro atoms. The summed E-state index contributed by atoms with van der Waals surface area (Å²) < 4.78 is 13.8. The number of H-pyrrole nitrogens is 3. The molecular formula is C11H7FN4OS. The summed E-state index contributed by atoms with van der Waals surface area (Å²) in [6.07, 6.45) is 0. The van der Waals surface area contributed by atoms with E-state index in [1.165, 1.54) is 6.07 Å². The number of nitrogens with zero attached hydrogens (tertiary/aromatic N) is 1. The highest BCUT2D eigenvalue weighted by Crippen LogP contribution is 2.20. The Balaban J connectivity index is 2.33. The Bertz CT molecular complexity index is 848. The maximum absolute atomic E-state index is 13.6. The minimum absolute atomic E-state index is 0.180. The van der Waals surface area contributed by atoms with Gasteiger partial charge in [0.25, 0.3) is 5.56 Å². The highest BCUT2D eigenvalue weighted by molar-refractivity contribution is 7.71. The van der Waals surface area contributed by atoms with Crippen LogP contribution in [0.2, 0.25) is 0 Å². The van der Waals surface area contributed by atoms with Gasteiger partial charge in [-0.3, -0.25) is 9.78 Å². The molecular weight excluding hydrogens is 255 g/mol. The number of rotatable bonds is 1. The van der Waals surface area contributed by atoms with Crippen molar-refractivity contribution in [3.63, 3.8) is 0 Å². The van der Waals surface area contributed by atoms with E-state index in [4.69, 9.17) is 12.2 Å². The molecule has 0 bridgehead atoms. The number of aromatic amines is 3. The fourth-order valence-corrected chi connectivity index (χ4v) is 1.90. The van der Waals surface area contributed by atoms with Crippen molar-refractivity contribution in [1.29, 1.82) is 0 Å². The Morgan fingerprint density at radius 2 is 1.94 bits per heavy atom. The van der Waals surface area contributed by atoms with Gasteiger partial charge >= 0.3 is 0 Å². The second kappa shape index (κ2) is 3.88. The van der Waals surface area contributed by atoms with Crippen molar-refractivity contribution in [3.05, 3.63) is 45.2 Å². The molecule has 0 atom stereocenters. The van der Waals surface area contributed by atoms with Crippen molar-refractivity contribution in [2.75, 3.05) is 0 Å². The van der Waals surface area contributed by atoms with Crippen molar-refractivity contribution in [1.82, 2.24) is 19.9 Å². The monoisotopic (exact) mass is 262 g/mol. The Morgan fingerprint density at radius 3 is 2.72 bits per heavy atom. The zero-order valence-corrected chi connectivity index (χ0v) is 9.77. The maximum atomic E-state index is 13.6. The Labute approximate surface area is 105 Å². The van der Waals surface area contributed by atoms with Crippen molar-refractivity contribution < 1.29 is 4.39 Å². The summed E-state index contributed by atoms with van der Waals surface area (Å²) in [4.78, 5) is 23.7. The number of hydrogen-bond donors (Lipinski definition) is 3. The molecule has 3 aromatic rings. The van der Waals surface area contributed by atoms with Crippen LogP contribution in [0.5, 0.6) is 0 Å². The number of imidazole rings is 1. The summed E-state index contributed by atoms with van der Waals surface area (Å²) in [5, 5.41) is 0. The molecule has 0 saturated carbocycles. The molecule has 0 saturated heterocycles. The van der Waals surface area contributed by atoms with Gasteiger partial charge in [0.2, 0.25) is 0 Å². The lowest BCUT2D eigenvalue weighted by Gasteiger charge is -1.96. The maximum Gasteiger partial charge on any atom is 0.277 e. The van der Waals surface area contributed by atoms with Gasteiger partial charge in [-0.15, -0.1) is 0 Å². The van der Waals surface area contributed by atoms with Gasteiger partial charge in [-0.05, 0) is 24.4 Å². The summed E-state index contributed by atoms with van der Waals surface area (Å²) in [5.41, 5.74) is 0.458. The minimum Gasteiger partial charge on any atom is -0.332 e. The van der Waals surface area contributed by atoms with E-state index in [9.17, 15) is 9.18 Å². The van der Waals surface area contributed by atoms with Crippen LogP contribution in [-0.2, 0) is 0 Å². The quantitative estimate of drug-likeness (QED) is 0.588. The number of hydrogen-bond acceptors (Lipinski definition) is 3. The highest BCUT2D eigenvalue weighted by atomic mass is 32.1. The second-order valence-corrected chi connectivity index (χ2v) is 4.11. The molecule has 18 heavy (non-hydrogen) atoms. The van der Waals surface area contributed by atoms with Crippen LogP contribution in [0.15, 0.2) is 29.1 Å². The van der Waals surface area contributed by atoms with Gasteiger partial charge in [0, 0.05) is 0 Å². The minimum atomic E-state index is -0.411. The number of nitrogens with one attached hydrogen (secondary N) is 3. The van der Waals surface area contributed by atoms with Crippen LogP contribution in [0, 0.1) is 10.6 Å². The molecule has 0 unspecified atom stereocenters. The van der Waals surface area contributed by atoms with Crippen molar-refractivity contribution in [2.45, 2.75) is 0 Å². The van der Waals surface area contributed by atoms with E-state index in [1.807, 2.05) is 0 Å². The van der Waals surface area contributed by atoms with E-state index < -0.39 is 5.82 Å². The van der Waals surface area contributed by atoms with Crippen molar-refractivity contribution >= 4 is 23.4 Å². The zero-order chi connectivity index (χ0) is 12.7. The lowest BCUT2D eigenvalue weighted by molar-refractivity contribution is 0.630. The smallest absolute Gasteiger partial charge is 0.277 e. The van der Waals surface area contributed by atoms with E-state index >= 15 is 0 Å². The molecule has 3 N–H and O–H groups in total. The van der Waals surface area contributed by atoms with E-state index in [0.717, 1.165) is 0 Å². The average Bonchev–Trinajstić information content (AvgIpc) is 2.73. The number of benzene rings is 1. The average molecular weight is 262 g/mol. The summed E-state index contributed by atoms with van der Waals surface area (Å²) in [7, 11) is 0. The highest BCUT2D eigenvalue weighted by Gasteiger charge is 2.11. The van der Waals surface area contributed by atoms with Crippen LogP contribution < -0.4 is 5.56 Å². The Morgan fingerprint density at radius 1 is 1.17 bits per heavy atom. The molecule has 1 aromatic carbocycles. The first kappa shape index (κ1) is 10.8. The predicted octanol–water partition coefficient (Wildman–Crippen LogP) is 2.11. The molecule has 2 aromatic heterocycles. The SMILES string of the molecule is O=c1[nH]c(=S)[nH]c2nc(-c3ccccc3F)[nH]c12. The number of aromatic nitrogens is 4. The molecule has 5 nitrogen and oxygen atoms in total. The molecule has 0 fully saturated rings. The van der Waals surface area contributed by atoms with Crippen molar-refractivity contribution in [2.24, 2.45) is 0 Å². The first-order chi connectivity index (χ1) is 8.65. The Kier molecular flexibility index (Phi) is 2.34. The summed E-state index contributed by atoms with van der Waals surface area (Å²) in [6.45, 7) is 0. The largest absolute Gasteiger partial charge is 0.332 e. The molecule has 90 valence electrons. The summed E-state index contributed by atoms with van der Waals surface area (Å²) in [6, 6.07) is 6.19. The number of fused-ring (bicyclic) bond motifs is 1. The van der Waals surface area contributed by atoms with Crippen LogP contribution in [0.25, 0.3) is 22.6 Å². The third kappa shape index (κ3) is 1.65. The molecule has 3 rings (SSSR count). The summed E-state index contributed by atoms with van der Waals surface area (Å²) >= 11 is 4.84. The van der Waals surface area contributed by atoms with Crippen LogP contribution in [0.3, 0.4) is 0 Å². The topological polar surface area (TPSA) is 77.3 Å². The van der Waals surface area contributed by atoms with Gasteiger partial charge in [0.15, 0.2) is 10.4 Å². The predicted molar refractivity (Wildman–Crippen MR) is 67.3 cm³/mol. The Hall–Kier alpha value is -2.28. The van der Waals surface area contributed by atoms with Crippen LogP contribution in [0.4, 0.5) is 4.39 Å². The standard InChI is InChI=1S/C11H7FN4OS/c12-6-4-2-1-3-5(6)8-13-7-9(14-8)15-11(18)16-10(7)17/h1-4H,(H3,13,14,15,16,17,18). The van der Waals surface area contributed by atoms with Gasteiger partial charge in [0.05, 0.1) is 5.56 Å². The third-order valence-corrected chi connectivity index (χ3v) is 2.72. The summed E-state index contributed by atoms with van der Waals surface area (Å²) in [5.74, 6) is -0.128. The van der Waals surface area contributed by atoms with E-state index in [0.29, 0.717) is 11.2 Å². The van der Waals surface area contributed by atoms with Crippen LogP contribution >= 0.6 is 12.2 Å². The van der Waals surface area contributed by atoms with Crippen LogP contribution in [0.1, 0.15) is 0 Å². The van der Waals surface area contributed by atoms with Crippen molar-refractivity contribution in [3.8, 4) is 11.4 Å². The van der Waals surface area contributed by atoms with E-state index in [-0.39, 0.29) is 21.7 Å². The first-order valence-electron chi connectivity index (χ1n) is 5.12. The molecule has 0 aliphatic carbocycles. The zero-order valence-electron chi connectivity index (χ0n) is 8.95. The van der Waals surface area contributed by atoms with E-state index in [1.54, 1.807) is 18.2 Å². The van der Waals surface area contributed by atoms with Gasteiger partial charge in [0.1, 0.15) is 17.2 Å². The molecule has 0 amide bonds. The fraction of sp³-hybridized carbons (Fsp3) is 0. The molecule has 7 heteroatoms. The molecule has 0 radical (unpaired) electrons. The molecule has 0 aliphatic rings. The second-order valence-electron chi connectivity index (χ2n) is 3.70. The molecule has 2 heterocycles. The van der Waals surface area contributed by atoms with Gasteiger partial charge in [-0.1, -0.05) is 12.1 Å². The van der Waals surface area contributed by atoms with Crippen LogP contribution in [-0.4, -0.2) is 19.9 Å². The first-order valence-corrected chi connectivity index (χ1v) is 5.53.